The molecule has 0 saturated carbocycles. The van der Waals surface area contributed by atoms with Gasteiger partial charge in [-0.1, -0.05) is 36.9 Å². The molecule has 8 heteroatoms. The number of H-pyrrole nitrogens is 2. The Balaban J connectivity index is 1.92. The Bertz CT molecular complexity index is 736. The van der Waals surface area contributed by atoms with Crippen molar-refractivity contribution in [2.24, 2.45) is 0 Å². The van der Waals surface area contributed by atoms with Crippen molar-refractivity contribution in [1.82, 2.24) is 30.4 Å². The van der Waals surface area contributed by atoms with Gasteiger partial charge in [0.25, 0.3) is 0 Å². The van der Waals surface area contributed by atoms with Gasteiger partial charge in [-0.15, -0.1) is 0 Å². The Morgan fingerprint density at radius 2 is 1.55 bits per heavy atom. The quantitative estimate of drug-likeness (QED) is 0.563. The number of aromatic nitrogens is 6. The van der Waals surface area contributed by atoms with Crippen LogP contribution in [0.1, 0.15) is 28.7 Å². The van der Waals surface area contributed by atoms with Gasteiger partial charge in [-0.25, -0.2) is 10.2 Å². The standard InChI is InChI=1S/C14H14N6O2/c1-2-8-3-5-9(6-4-8)7-10(11-15-13(21)19-17-11)12-16-14(22)20-18-12/h2-6,10H,1,7H2,(H2,15,17,19,21)(H2,16,18,20,22). The Labute approximate surface area is 125 Å². The first-order chi connectivity index (χ1) is 10.7. The molecule has 0 bridgehead atoms. The van der Waals surface area contributed by atoms with Crippen molar-refractivity contribution < 1.29 is 10.2 Å². The van der Waals surface area contributed by atoms with E-state index in [2.05, 4.69) is 36.9 Å². The van der Waals surface area contributed by atoms with E-state index >= 15 is 0 Å². The molecule has 3 rings (SSSR count). The smallest absolute Gasteiger partial charge is 0.309 e. The highest BCUT2D eigenvalue weighted by Gasteiger charge is 2.24. The molecule has 1 aromatic carbocycles. The van der Waals surface area contributed by atoms with E-state index < -0.39 is 5.92 Å². The number of hydrogen-bond acceptors (Lipinski definition) is 6. The molecule has 0 fully saturated rings. The topological polar surface area (TPSA) is 124 Å². The molecule has 0 aliphatic carbocycles. The molecule has 0 aliphatic heterocycles. The number of nitrogens with zero attached hydrogens (tertiary/aromatic N) is 4. The monoisotopic (exact) mass is 298 g/mol. The van der Waals surface area contributed by atoms with Crippen molar-refractivity contribution in [3.63, 3.8) is 0 Å². The summed E-state index contributed by atoms with van der Waals surface area (Å²) < 4.78 is 0. The van der Waals surface area contributed by atoms with Crippen molar-refractivity contribution in [2.45, 2.75) is 12.3 Å². The maximum atomic E-state index is 9.35. The summed E-state index contributed by atoms with van der Waals surface area (Å²) in [5, 5.41) is 31.4. The molecule has 3 aromatic rings. The second-order valence-corrected chi connectivity index (χ2v) is 4.74. The molecule has 4 N–H and O–H groups in total. The molecule has 0 unspecified atom stereocenters. The molecule has 0 radical (unpaired) electrons. The minimum Gasteiger partial charge on any atom is -0.479 e. The zero-order valence-corrected chi connectivity index (χ0v) is 11.6. The van der Waals surface area contributed by atoms with Crippen LogP contribution in [0.3, 0.4) is 0 Å². The molecule has 2 heterocycles. The van der Waals surface area contributed by atoms with Crippen LogP contribution in [0, 0.1) is 0 Å². The van der Waals surface area contributed by atoms with E-state index in [1.807, 2.05) is 24.3 Å². The SMILES string of the molecule is C=Cc1ccc(CC(c2n[nH]c(O)n2)c2n[nH]c(O)n2)cc1. The van der Waals surface area contributed by atoms with Crippen molar-refractivity contribution in [1.29, 1.82) is 0 Å². The van der Waals surface area contributed by atoms with E-state index in [1.54, 1.807) is 6.08 Å². The van der Waals surface area contributed by atoms with E-state index in [-0.39, 0.29) is 12.0 Å². The summed E-state index contributed by atoms with van der Waals surface area (Å²) in [6.45, 7) is 3.72. The number of nitrogens with one attached hydrogen (secondary N) is 2. The lowest BCUT2D eigenvalue weighted by atomic mass is 9.97. The first kappa shape index (κ1) is 13.8. The number of aromatic hydroxyl groups is 2. The van der Waals surface area contributed by atoms with E-state index in [0.29, 0.717) is 18.1 Å². The van der Waals surface area contributed by atoms with Gasteiger partial charge >= 0.3 is 12.0 Å². The minimum absolute atomic E-state index is 0.276. The highest BCUT2D eigenvalue weighted by atomic mass is 16.3. The van der Waals surface area contributed by atoms with Gasteiger partial charge in [0, 0.05) is 0 Å². The summed E-state index contributed by atoms with van der Waals surface area (Å²) in [4.78, 5) is 7.85. The largest absolute Gasteiger partial charge is 0.479 e. The molecule has 0 atom stereocenters. The second-order valence-electron chi connectivity index (χ2n) is 4.74. The molecule has 112 valence electrons. The maximum Gasteiger partial charge on any atom is 0.309 e. The van der Waals surface area contributed by atoms with Crippen molar-refractivity contribution in [3.8, 4) is 12.0 Å². The lowest BCUT2D eigenvalue weighted by molar-refractivity contribution is 0.432. The van der Waals surface area contributed by atoms with Crippen LogP contribution in [0.2, 0.25) is 0 Å². The molecule has 2 aromatic heterocycles. The molecular formula is C14H14N6O2. The number of benzene rings is 1. The molecular weight excluding hydrogens is 284 g/mol. The zero-order chi connectivity index (χ0) is 15.5. The van der Waals surface area contributed by atoms with Crippen LogP contribution in [0.25, 0.3) is 6.08 Å². The lowest BCUT2D eigenvalue weighted by Gasteiger charge is -2.10. The predicted molar refractivity (Wildman–Crippen MR) is 78.2 cm³/mol. The first-order valence-electron chi connectivity index (χ1n) is 6.59. The van der Waals surface area contributed by atoms with Crippen LogP contribution in [-0.2, 0) is 6.42 Å². The second kappa shape index (κ2) is 5.68. The Kier molecular flexibility index (Phi) is 3.57. The molecule has 8 nitrogen and oxygen atoms in total. The summed E-state index contributed by atoms with van der Waals surface area (Å²) in [5.41, 5.74) is 2.04. The van der Waals surface area contributed by atoms with Crippen LogP contribution in [0.4, 0.5) is 0 Å². The zero-order valence-electron chi connectivity index (χ0n) is 11.6. The summed E-state index contributed by atoms with van der Waals surface area (Å²) in [5.74, 6) is 0.303. The van der Waals surface area contributed by atoms with Gasteiger partial charge in [0.05, 0.1) is 5.92 Å². The summed E-state index contributed by atoms with van der Waals surface area (Å²) in [6, 6.07) is 7.27. The van der Waals surface area contributed by atoms with Gasteiger partial charge in [0.2, 0.25) is 0 Å². The average Bonchev–Trinajstić information content (AvgIpc) is 3.14. The highest BCUT2D eigenvalue weighted by Crippen LogP contribution is 2.25. The van der Waals surface area contributed by atoms with Crippen molar-refractivity contribution in [3.05, 3.63) is 53.6 Å². The van der Waals surface area contributed by atoms with Crippen LogP contribution in [-0.4, -0.2) is 40.6 Å². The average molecular weight is 298 g/mol. The van der Waals surface area contributed by atoms with Crippen molar-refractivity contribution >= 4 is 6.08 Å². The lowest BCUT2D eigenvalue weighted by Crippen LogP contribution is -2.09. The van der Waals surface area contributed by atoms with E-state index in [1.165, 1.54) is 0 Å². The van der Waals surface area contributed by atoms with Gasteiger partial charge in [0.1, 0.15) is 0 Å². The van der Waals surface area contributed by atoms with Crippen LogP contribution in [0.15, 0.2) is 30.8 Å². The number of hydrogen-bond donors (Lipinski definition) is 4. The summed E-state index contributed by atoms with van der Waals surface area (Å²) >= 11 is 0. The Morgan fingerprint density at radius 1 is 1.00 bits per heavy atom. The van der Waals surface area contributed by atoms with Crippen molar-refractivity contribution in [2.75, 3.05) is 0 Å². The Hall–Kier alpha value is -3.16. The molecule has 0 aliphatic rings. The maximum absolute atomic E-state index is 9.35. The van der Waals surface area contributed by atoms with Gasteiger partial charge in [-0.2, -0.15) is 20.2 Å². The number of aromatic amines is 2. The van der Waals surface area contributed by atoms with Crippen LogP contribution >= 0.6 is 0 Å². The third kappa shape index (κ3) is 2.80. The van der Waals surface area contributed by atoms with Gasteiger partial charge < -0.3 is 10.2 Å². The summed E-state index contributed by atoms with van der Waals surface area (Å²) in [7, 11) is 0. The normalized spacial score (nSPS) is 11.0. The fourth-order valence-electron chi connectivity index (χ4n) is 2.17. The van der Waals surface area contributed by atoms with E-state index in [0.717, 1.165) is 11.1 Å². The molecule has 22 heavy (non-hydrogen) atoms. The highest BCUT2D eigenvalue weighted by molar-refractivity contribution is 5.47. The molecule has 0 saturated heterocycles. The fraction of sp³-hybridized carbons (Fsp3) is 0.143. The van der Waals surface area contributed by atoms with E-state index in [9.17, 15) is 10.2 Å². The molecule has 0 spiro atoms. The molecule has 0 amide bonds. The van der Waals surface area contributed by atoms with Crippen LogP contribution < -0.4 is 0 Å². The first-order valence-corrected chi connectivity index (χ1v) is 6.59. The Morgan fingerprint density at radius 3 is 1.95 bits per heavy atom. The van der Waals surface area contributed by atoms with Gasteiger partial charge in [0.15, 0.2) is 11.6 Å². The fourth-order valence-corrected chi connectivity index (χ4v) is 2.17. The van der Waals surface area contributed by atoms with Gasteiger partial charge in [-0.05, 0) is 17.5 Å². The van der Waals surface area contributed by atoms with Gasteiger partial charge in [-0.3, -0.25) is 0 Å². The third-order valence-corrected chi connectivity index (χ3v) is 3.26. The predicted octanol–water partition coefficient (Wildman–Crippen LogP) is 1.35. The van der Waals surface area contributed by atoms with Crippen LogP contribution in [0.5, 0.6) is 12.0 Å². The third-order valence-electron chi connectivity index (χ3n) is 3.26. The summed E-state index contributed by atoms with van der Waals surface area (Å²) in [6.07, 6.45) is 2.29. The minimum atomic E-state index is -0.399. The number of rotatable bonds is 5. The van der Waals surface area contributed by atoms with E-state index in [4.69, 9.17) is 0 Å².